The van der Waals surface area contributed by atoms with Gasteiger partial charge < -0.3 is 9.47 Å². The van der Waals surface area contributed by atoms with Crippen molar-refractivity contribution in [2.75, 3.05) is 13.7 Å². The van der Waals surface area contributed by atoms with E-state index in [0.29, 0.717) is 12.2 Å². The third-order valence-corrected chi connectivity index (χ3v) is 5.24. The van der Waals surface area contributed by atoms with E-state index in [2.05, 4.69) is 6.92 Å². The molecule has 112 valence electrons. The van der Waals surface area contributed by atoms with E-state index >= 15 is 0 Å². The minimum atomic E-state index is 0.349. The van der Waals surface area contributed by atoms with Crippen LogP contribution in [0.3, 0.4) is 0 Å². The topological polar surface area (TPSA) is 18.5 Å². The van der Waals surface area contributed by atoms with Crippen LogP contribution >= 0.6 is 0 Å². The zero-order valence-electron chi connectivity index (χ0n) is 12.9. The van der Waals surface area contributed by atoms with Crippen molar-refractivity contribution >= 4 is 0 Å². The summed E-state index contributed by atoms with van der Waals surface area (Å²) in [6, 6.07) is 0. The third-order valence-electron chi connectivity index (χ3n) is 5.24. The van der Waals surface area contributed by atoms with Crippen LogP contribution in [0.4, 0.5) is 0 Å². The van der Waals surface area contributed by atoms with E-state index < -0.39 is 0 Å². The first kappa shape index (κ1) is 15.3. The molecule has 0 N–H and O–H groups in total. The lowest BCUT2D eigenvalue weighted by atomic mass is 9.76. The van der Waals surface area contributed by atoms with E-state index in [1.54, 1.807) is 7.11 Å². The molecule has 2 nitrogen and oxygen atoms in total. The molecule has 0 radical (unpaired) electrons. The van der Waals surface area contributed by atoms with Crippen molar-refractivity contribution in [3.8, 4) is 0 Å². The smallest absolute Gasteiger partial charge is 0.0805 e. The highest BCUT2D eigenvalue weighted by Gasteiger charge is 2.31. The van der Waals surface area contributed by atoms with Crippen molar-refractivity contribution in [1.29, 1.82) is 0 Å². The molecule has 1 aliphatic heterocycles. The first-order valence-corrected chi connectivity index (χ1v) is 8.47. The monoisotopic (exact) mass is 268 g/mol. The Bertz CT molecular complexity index is 225. The molecule has 1 heterocycles. The fourth-order valence-electron chi connectivity index (χ4n) is 3.84. The summed E-state index contributed by atoms with van der Waals surface area (Å²) in [4.78, 5) is 0. The van der Waals surface area contributed by atoms with Crippen molar-refractivity contribution in [3.63, 3.8) is 0 Å². The number of hydrogen-bond acceptors (Lipinski definition) is 2. The summed E-state index contributed by atoms with van der Waals surface area (Å²) in [5, 5.41) is 0. The molecule has 19 heavy (non-hydrogen) atoms. The van der Waals surface area contributed by atoms with Crippen LogP contribution in [0.1, 0.15) is 71.1 Å². The number of unbranched alkanes of at least 4 members (excludes halogenated alkanes) is 2. The van der Waals surface area contributed by atoms with Crippen molar-refractivity contribution in [2.45, 2.75) is 83.3 Å². The normalized spacial score (nSPS) is 36.3. The van der Waals surface area contributed by atoms with Crippen LogP contribution in [0.15, 0.2) is 0 Å². The van der Waals surface area contributed by atoms with E-state index in [-0.39, 0.29) is 0 Å². The van der Waals surface area contributed by atoms with Gasteiger partial charge in [-0.25, -0.2) is 0 Å². The number of hydrogen-bond donors (Lipinski definition) is 0. The van der Waals surface area contributed by atoms with Gasteiger partial charge in [0.2, 0.25) is 0 Å². The fourth-order valence-corrected chi connectivity index (χ4v) is 3.84. The number of ether oxygens (including phenoxy) is 2. The Kier molecular flexibility index (Phi) is 6.66. The second-order valence-electron chi connectivity index (χ2n) is 6.58. The number of methoxy groups -OCH3 is 1. The predicted octanol–water partition coefficient (Wildman–Crippen LogP) is 4.57. The molecule has 2 unspecified atom stereocenters. The molecule has 1 saturated heterocycles. The molecule has 1 aliphatic carbocycles. The quantitative estimate of drug-likeness (QED) is 0.657. The van der Waals surface area contributed by atoms with E-state index in [4.69, 9.17) is 9.47 Å². The van der Waals surface area contributed by atoms with Crippen molar-refractivity contribution in [1.82, 2.24) is 0 Å². The van der Waals surface area contributed by atoms with Crippen LogP contribution in [0.5, 0.6) is 0 Å². The first-order chi connectivity index (χ1) is 9.33. The van der Waals surface area contributed by atoms with Gasteiger partial charge in [-0.3, -0.25) is 0 Å². The molecular formula is C17H32O2. The lowest BCUT2D eigenvalue weighted by molar-refractivity contribution is -0.0972. The molecule has 0 bridgehead atoms. The van der Waals surface area contributed by atoms with Crippen LogP contribution < -0.4 is 0 Å². The highest BCUT2D eigenvalue weighted by Crippen LogP contribution is 2.37. The summed E-state index contributed by atoms with van der Waals surface area (Å²) >= 11 is 0. The summed E-state index contributed by atoms with van der Waals surface area (Å²) < 4.78 is 11.4. The van der Waals surface area contributed by atoms with E-state index in [9.17, 15) is 0 Å². The van der Waals surface area contributed by atoms with Gasteiger partial charge in [-0.1, -0.05) is 45.4 Å². The molecule has 0 aromatic rings. The van der Waals surface area contributed by atoms with Crippen LogP contribution in [0.2, 0.25) is 0 Å². The van der Waals surface area contributed by atoms with Crippen molar-refractivity contribution in [2.24, 2.45) is 11.8 Å². The second-order valence-corrected chi connectivity index (χ2v) is 6.58. The van der Waals surface area contributed by atoms with Crippen LogP contribution in [0.25, 0.3) is 0 Å². The number of rotatable bonds is 6. The van der Waals surface area contributed by atoms with Gasteiger partial charge in [0.05, 0.1) is 18.8 Å². The average molecular weight is 268 g/mol. The van der Waals surface area contributed by atoms with Gasteiger partial charge in [-0.2, -0.15) is 0 Å². The molecule has 2 atom stereocenters. The molecule has 2 aliphatic rings. The molecule has 0 amide bonds. The van der Waals surface area contributed by atoms with Gasteiger partial charge in [0.1, 0.15) is 0 Å². The molecule has 0 aromatic carbocycles. The maximum Gasteiger partial charge on any atom is 0.0805 e. The van der Waals surface area contributed by atoms with Gasteiger partial charge in [0, 0.05) is 7.11 Å². The van der Waals surface area contributed by atoms with Crippen LogP contribution in [-0.2, 0) is 9.47 Å². The molecule has 1 saturated carbocycles. The van der Waals surface area contributed by atoms with E-state index in [0.717, 1.165) is 18.4 Å². The molecular weight excluding hydrogens is 236 g/mol. The maximum absolute atomic E-state index is 6.03. The van der Waals surface area contributed by atoms with Gasteiger partial charge >= 0.3 is 0 Å². The maximum atomic E-state index is 6.03. The van der Waals surface area contributed by atoms with Crippen LogP contribution in [-0.4, -0.2) is 25.9 Å². The van der Waals surface area contributed by atoms with Gasteiger partial charge in [-0.15, -0.1) is 0 Å². The minimum Gasteiger partial charge on any atom is -0.379 e. The largest absolute Gasteiger partial charge is 0.379 e. The minimum absolute atomic E-state index is 0.349. The molecule has 0 spiro atoms. The van der Waals surface area contributed by atoms with Gasteiger partial charge in [-0.05, 0) is 37.5 Å². The first-order valence-electron chi connectivity index (χ1n) is 8.47. The summed E-state index contributed by atoms with van der Waals surface area (Å²) in [5.74, 6) is 1.85. The molecule has 2 rings (SSSR count). The third kappa shape index (κ3) is 4.75. The highest BCUT2D eigenvalue weighted by molar-refractivity contribution is 4.81. The SMILES string of the molecule is CCCCCC1CCC(C2CCC(OC)CO2)CC1. The van der Waals surface area contributed by atoms with E-state index in [1.807, 2.05) is 0 Å². The Balaban J connectivity index is 1.63. The average Bonchev–Trinajstić information content (AvgIpc) is 2.48. The lowest BCUT2D eigenvalue weighted by Gasteiger charge is -2.37. The second kappa shape index (κ2) is 8.26. The fraction of sp³-hybridized carbons (Fsp3) is 1.00. The Morgan fingerprint density at radius 2 is 1.79 bits per heavy atom. The van der Waals surface area contributed by atoms with Gasteiger partial charge in [0.25, 0.3) is 0 Å². The molecule has 2 fully saturated rings. The van der Waals surface area contributed by atoms with Crippen LogP contribution in [0, 0.1) is 11.8 Å². The zero-order valence-corrected chi connectivity index (χ0v) is 12.9. The summed E-state index contributed by atoms with van der Waals surface area (Å²) in [7, 11) is 1.80. The lowest BCUT2D eigenvalue weighted by Crippen LogP contribution is -2.36. The summed E-state index contributed by atoms with van der Waals surface area (Å²) in [6.07, 6.45) is 14.7. The van der Waals surface area contributed by atoms with Crippen molar-refractivity contribution in [3.05, 3.63) is 0 Å². The molecule has 0 aromatic heterocycles. The Labute approximate surface area is 119 Å². The van der Waals surface area contributed by atoms with Gasteiger partial charge in [0.15, 0.2) is 0 Å². The van der Waals surface area contributed by atoms with E-state index in [1.165, 1.54) is 64.2 Å². The van der Waals surface area contributed by atoms with Crippen molar-refractivity contribution < 1.29 is 9.47 Å². The highest BCUT2D eigenvalue weighted by atomic mass is 16.5. The Morgan fingerprint density at radius 1 is 1.00 bits per heavy atom. The summed E-state index contributed by atoms with van der Waals surface area (Å²) in [5.41, 5.74) is 0. The zero-order chi connectivity index (χ0) is 13.5. The summed E-state index contributed by atoms with van der Waals surface area (Å²) in [6.45, 7) is 3.11. The molecule has 2 heteroatoms. The predicted molar refractivity (Wildman–Crippen MR) is 79.4 cm³/mol. The Morgan fingerprint density at radius 3 is 2.37 bits per heavy atom. The Hall–Kier alpha value is -0.0800. The standard InChI is InChI=1S/C17H32O2/c1-3-4-5-6-14-7-9-15(10-8-14)17-12-11-16(18-2)13-19-17/h14-17H,3-13H2,1-2H3.